The standard InChI is InChI=1S/C16H25N3O2.HI/c1-4-17-15(18-10-11-6-5-8-20-11)19-13-12-7-9-21-14(12)16(13,2)3;/h5-6,8,12-14H,4,7,9-10H2,1-3H3,(H2,17,18,19);1H. The van der Waals surface area contributed by atoms with Gasteiger partial charge in [-0.25, -0.2) is 4.99 Å². The Morgan fingerprint density at radius 2 is 2.27 bits per heavy atom. The SMILES string of the molecule is CCNC(=NCc1ccco1)NC1C2CCOC2C1(C)C.I. The van der Waals surface area contributed by atoms with Gasteiger partial charge in [-0.15, -0.1) is 24.0 Å². The Hall–Kier alpha value is -0.760. The van der Waals surface area contributed by atoms with Crippen molar-refractivity contribution in [1.29, 1.82) is 0 Å². The highest BCUT2D eigenvalue weighted by molar-refractivity contribution is 14.0. The van der Waals surface area contributed by atoms with Crippen molar-refractivity contribution in [3.05, 3.63) is 24.2 Å². The van der Waals surface area contributed by atoms with Crippen LogP contribution in [0.15, 0.2) is 27.8 Å². The molecule has 22 heavy (non-hydrogen) atoms. The first kappa shape index (κ1) is 17.6. The van der Waals surface area contributed by atoms with Crippen molar-refractivity contribution in [2.75, 3.05) is 13.2 Å². The molecule has 2 fully saturated rings. The molecule has 0 radical (unpaired) electrons. The van der Waals surface area contributed by atoms with Gasteiger partial charge in [-0.2, -0.15) is 0 Å². The van der Waals surface area contributed by atoms with Crippen molar-refractivity contribution in [2.45, 2.75) is 45.9 Å². The molecule has 1 aromatic heterocycles. The Balaban J connectivity index is 0.00000176. The van der Waals surface area contributed by atoms with E-state index >= 15 is 0 Å². The van der Waals surface area contributed by atoms with Gasteiger partial charge in [0.1, 0.15) is 12.3 Å². The third-order valence-corrected chi connectivity index (χ3v) is 4.71. The van der Waals surface area contributed by atoms with Gasteiger partial charge in [0.05, 0.1) is 12.4 Å². The number of nitrogens with one attached hydrogen (secondary N) is 2. The number of guanidine groups is 1. The molecule has 1 saturated carbocycles. The largest absolute Gasteiger partial charge is 0.467 e. The molecule has 3 unspecified atom stereocenters. The van der Waals surface area contributed by atoms with Crippen LogP contribution in [0.4, 0.5) is 0 Å². The number of furan rings is 1. The Morgan fingerprint density at radius 3 is 2.95 bits per heavy atom. The van der Waals surface area contributed by atoms with E-state index < -0.39 is 0 Å². The van der Waals surface area contributed by atoms with Crippen LogP contribution in [0.2, 0.25) is 0 Å². The molecule has 0 amide bonds. The highest BCUT2D eigenvalue weighted by Gasteiger charge is 2.59. The fourth-order valence-electron chi connectivity index (χ4n) is 3.64. The molecular formula is C16H26IN3O2. The number of rotatable bonds is 4. The molecule has 2 heterocycles. The van der Waals surface area contributed by atoms with Gasteiger partial charge in [0.2, 0.25) is 0 Å². The molecule has 1 aromatic rings. The predicted octanol–water partition coefficient (Wildman–Crippen LogP) is 2.77. The highest BCUT2D eigenvalue weighted by Crippen LogP contribution is 2.52. The van der Waals surface area contributed by atoms with E-state index in [4.69, 9.17) is 9.15 Å². The maximum absolute atomic E-state index is 5.84. The number of nitrogens with zero attached hydrogens (tertiary/aromatic N) is 1. The van der Waals surface area contributed by atoms with Gasteiger partial charge in [0, 0.05) is 30.5 Å². The molecule has 1 aliphatic carbocycles. The number of aliphatic imine (C=N–C) groups is 1. The lowest BCUT2D eigenvalue weighted by molar-refractivity contribution is -0.106. The first-order valence-electron chi connectivity index (χ1n) is 7.81. The number of hydrogen-bond donors (Lipinski definition) is 2. The summed E-state index contributed by atoms with van der Waals surface area (Å²) in [5.41, 5.74) is 0.155. The van der Waals surface area contributed by atoms with Crippen LogP contribution in [0.3, 0.4) is 0 Å². The maximum atomic E-state index is 5.84. The minimum atomic E-state index is 0. The van der Waals surface area contributed by atoms with Crippen LogP contribution in [-0.4, -0.2) is 31.3 Å². The topological polar surface area (TPSA) is 58.8 Å². The van der Waals surface area contributed by atoms with Crippen LogP contribution in [0.1, 0.15) is 33.0 Å². The van der Waals surface area contributed by atoms with Crippen molar-refractivity contribution < 1.29 is 9.15 Å². The molecule has 2 aliphatic rings. The van der Waals surface area contributed by atoms with Crippen LogP contribution >= 0.6 is 24.0 Å². The van der Waals surface area contributed by atoms with Crippen LogP contribution in [0, 0.1) is 11.3 Å². The Bertz CT molecular complexity index is 501. The van der Waals surface area contributed by atoms with Crippen molar-refractivity contribution in [2.24, 2.45) is 16.3 Å². The van der Waals surface area contributed by atoms with E-state index in [0.29, 0.717) is 24.6 Å². The molecule has 6 heteroatoms. The van der Waals surface area contributed by atoms with Gasteiger partial charge in [-0.05, 0) is 25.5 Å². The first-order valence-corrected chi connectivity index (χ1v) is 7.81. The lowest BCUT2D eigenvalue weighted by Crippen LogP contribution is -2.67. The van der Waals surface area contributed by atoms with Crippen molar-refractivity contribution in [3.8, 4) is 0 Å². The molecular weight excluding hydrogens is 393 g/mol. The minimum Gasteiger partial charge on any atom is -0.467 e. The van der Waals surface area contributed by atoms with E-state index in [1.165, 1.54) is 0 Å². The van der Waals surface area contributed by atoms with E-state index in [2.05, 4.69) is 36.4 Å². The van der Waals surface area contributed by atoms with E-state index in [1.807, 2.05) is 12.1 Å². The Kier molecular flexibility index (Phi) is 5.76. The van der Waals surface area contributed by atoms with Gasteiger partial charge >= 0.3 is 0 Å². The second-order valence-corrected chi connectivity index (χ2v) is 6.46. The molecule has 0 bridgehead atoms. The average molecular weight is 419 g/mol. The zero-order valence-corrected chi connectivity index (χ0v) is 15.8. The van der Waals surface area contributed by atoms with Crippen LogP contribution < -0.4 is 10.6 Å². The van der Waals surface area contributed by atoms with E-state index in [1.54, 1.807) is 6.26 Å². The summed E-state index contributed by atoms with van der Waals surface area (Å²) in [5, 5.41) is 6.91. The van der Waals surface area contributed by atoms with Crippen LogP contribution in [-0.2, 0) is 11.3 Å². The Morgan fingerprint density at radius 1 is 1.45 bits per heavy atom. The summed E-state index contributed by atoms with van der Waals surface area (Å²) in [4.78, 5) is 4.62. The van der Waals surface area contributed by atoms with Crippen molar-refractivity contribution in [3.63, 3.8) is 0 Å². The summed E-state index contributed by atoms with van der Waals surface area (Å²) in [7, 11) is 0. The molecule has 3 atom stereocenters. The van der Waals surface area contributed by atoms with E-state index in [-0.39, 0.29) is 29.4 Å². The predicted molar refractivity (Wildman–Crippen MR) is 97.5 cm³/mol. The summed E-state index contributed by atoms with van der Waals surface area (Å²) in [6, 6.07) is 4.25. The second kappa shape index (κ2) is 7.21. The second-order valence-electron chi connectivity index (χ2n) is 6.46. The maximum Gasteiger partial charge on any atom is 0.191 e. The molecule has 0 spiro atoms. The minimum absolute atomic E-state index is 0. The summed E-state index contributed by atoms with van der Waals surface area (Å²) >= 11 is 0. The van der Waals surface area contributed by atoms with Gasteiger partial charge in [0.15, 0.2) is 5.96 Å². The monoisotopic (exact) mass is 419 g/mol. The number of hydrogen-bond acceptors (Lipinski definition) is 3. The molecule has 2 N–H and O–H groups in total. The van der Waals surface area contributed by atoms with Gasteiger partial charge in [-0.1, -0.05) is 13.8 Å². The summed E-state index contributed by atoms with van der Waals surface area (Å²) in [6.45, 7) is 8.91. The fourth-order valence-corrected chi connectivity index (χ4v) is 3.64. The van der Waals surface area contributed by atoms with Crippen LogP contribution in [0.5, 0.6) is 0 Å². The molecule has 0 aromatic carbocycles. The number of ether oxygens (including phenoxy) is 1. The van der Waals surface area contributed by atoms with Crippen LogP contribution in [0.25, 0.3) is 0 Å². The molecule has 124 valence electrons. The van der Waals surface area contributed by atoms with Gasteiger partial charge in [0.25, 0.3) is 0 Å². The third-order valence-electron chi connectivity index (χ3n) is 4.71. The third kappa shape index (κ3) is 3.27. The number of fused-ring (bicyclic) bond motifs is 1. The van der Waals surface area contributed by atoms with Gasteiger partial charge < -0.3 is 19.8 Å². The van der Waals surface area contributed by atoms with E-state index in [9.17, 15) is 0 Å². The Labute approximate surface area is 149 Å². The first-order chi connectivity index (χ1) is 10.1. The lowest BCUT2D eigenvalue weighted by Gasteiger charge is -2.54. The van der Waals surface area contributed by atoms with E-state index in [0.717, 1.165) is 31.3 Å². The highest BCUT2D eigenvalue weighted by atomic mass is 127. The lowest BCUT2D eigenvalue weighted by atomic mass is 9.57. The molecule has 1 saturated heterocycles. The molecule has 5 nitrogen and oxygen atoms in total. The molecule has 1 aliphatic heterocycles. The quantitative estimate of drug-likeness (QED) is 0.448. The summed E-state index contributed by atoms with van der Waals surface area (Å²) in [5.74, 6) is 2.34. The molecule has 3 rings (SSSR count). The fraction of sp³-hybridized carbons (Fsp3) is 0.688. The number of halogens is 1. The summed E-state index contributed by atoms with van der Waals surface area (Å²) < 4.78 is 11.2. The summed E-state index contributed by atoms with van der Waals surface area (Å²) in [6.07, 6.45) is 3.22. The zero-order valence-electron chi connectivity index (χ0n) is 13.5. The smallest absolute Gasteiger partial charge is 0.191 e. The normalized spacial score (nSPS) is 29.2. The van der Waals surface area contributed by atoms with Crippen molar-refractivity contribution in [1.82, 2.24) is 10.6 Å². The van der Waals surface area contributed by atoms with Gasteiger partial charge in [-0.3, -0.25) is 0 Å². The zero-order chi connectivity index (χ0) is 14.9. The average Bonchev–Trinajstić information content (AvgIpc) is 3.11. The van der Waals surface area contributed by atoms with Crippen molar-refractivity contribution >= 4 is 29.9 Å².